The van der Waals surface area contributed by atoms with Gasteiger partial charge in [-0.1, -0.05) is 30.9 Å². The highest BCUT2D eigenvalue weighted by Crippen LogP contribution is 2.37. The molecule has 0 radical (unpaired) electrons. The van der Waals surface area contributed by atoms with Crippen molar-refractivity contribution in [2.24, 2.45) is 17.8 Å². The molecule has 3 atom stereocenters. The van der Waals surface area contributed by atoms with Crippen molar-refractivity contribution in [1.82, 2.24) is 10.3 Å². The van der Waals surface area contributed by atoms with E-state index in [9.17, 15) is 24.0 Å². The number of rotatable bonds is 9. The number of benzene rings is 1. The number of nitrogens with one attached hydrogen (secondary N) is 2. The smallest absolute Gasteiger partial charge is 0.224 e. The Balaban J connectivity index is 1.44. The SMILES string of the molecule is N#C[C@H](C[C@@H]1CCCCC1=O)NC(=O)[C@@H](CC(=O)c1cc2c(Cl)c(F)ccc2[nH]1)CC1CC1. The van der Waals surface area contributed by atoms with Crippen LogP contribution in [0.5, 0.6) is 0 Å². The zero-order valence-electron chi connectivity index (χ0n) is 18.3. The van der Waals surface area contributed by atoms with Gasteiger partial charge in [0.2, 0.25) is 5.91 Å². The van der Waals surface area contributed by atoms with Gasteiger partial charge in [-0.05, 0) is 49.8 Å². The number of H-pyrrole nitrogens is 1. The molecule has 174 valence electrons. The fourth-order valence-corrected chi connectivity index (χ4v) is 4.91. The maximum absolute atomic E-state index is 13.7. The van der Waals surface area contributed by atoms with E-state index in [1.807, 2.05) is 0 Å². The molecular weight excluding hydrogens is 445 g/mol. The first-order chi connectivity index (χ1) is 15.9. The Kier molecular flexibility index (Phi) is 7.14. The zero-order chi connectivity index (χ0) is 23.5. The number of halogens is 2. The first kappa shape index (κ1) is 23.4. The summed E-state index contributed by atoms with van der Waals surface area (Å²) in [5, 5.41) is 12.7. The molecule has 0 unspecified atom stereocenters. The molecule has 1 amide bonds. The molecule has 2 fully saturated rings. The fraction of sp³-hybridized carbons (Fsp3) is 0.520. The van der Waals surface area contributed by atoms with Crippen molar-refractivity contribution in [2.45, 2.75) is 63.8 Å². The van der Waals surface area contributed by atoms with Crippen LogP contribution in [0, 0.1) is 34.9 Å². The maximum Gasteiger partial charge on any atom is 0.224 e. The average molecular weight is 472 g/mol. The third kappa shape index (κ3) is 5.62. The van der Waals surface area contributed by atoms with E-state index in [1.54, 1.807) is 0 Å². The second kappa shape index (κ2) is 10.0. The monoisotopic (exact) mass is 471 g/mol. The van der Waals surface area contributed by atoms with Crippen LogP contribution in [0.1, 0.15) is 68.3 Å². The summed E-state index contributed by atoms with van der Waals surface area (Å²) in [5.74, 6) is -1.35. The summed E-state index contributed by atoms with van der Waals surface area (Å²) in [5.41, 5.74) is 0.824. The standard InChI is InChI=1S/C25H27ClFN3O3/c26-24-18-12-21(30-20(18)8-7-19(24)27)23(32)11-16(9-14-5-6-14)25(33)29-17(13-28)10-15-3-1-2-4-22(15)31/h7-8,12,14-17,30H,1-6,9-11H2,(H,29,33)/t15-,16+,17-/m0/s1. The Morgan fingerprint density at radius 2 is 2.03 bits per heavy atom. The molecular formula is C25H27ClFN3O3. The van der Waals surface area contributed by atoms with Crippen molar-refractivity contribution < 1.29 is 18.8 Å². The highest BCUT2D eigenvalue weighted by atomic mass is 35.5. The number of Topliss-reactive ketones (excluding diaryl/α,β-unsaturated/α-hetero) is 2. The van der Waals surface area contributed by atoms with Gasteiger partial charge in [0.25, 0.3) is 0 Å². The van der Waals surface area contributed by atoms with E-state index in [4.69, 9.17) is 11.6 Å². The van der Waals surface area contributed by atoms with Crippen LogP contribution in [-0.2, 0) is 9.59 Å². The normalized spacial score (nSPS) is 20.3. The topological polar surface area (TPSA) is 103 Å². The van der Waals surface area contributed by atoms with Crippen LogP contribution in [0.25, 0.3) is 10.9 Å². The van der Waals surface area contributed by atoms with Gasteiger partial charge in [0.15, 0.2) is 5.78 Å². The zero-order valence-corrected chi connectivity index (χ0v) is 19.1. The lowest BCUT2D eigenvalue weighted by Crippen LogP contribution is -2.41. The van der Waals surface area contributed by atoms with E-state index < -0.39 is 17.8 Å². The van der Waals surface area contributed by atoms with Gasteiger partial charge in [-0.2, -0.15) is 5.26 Å². The Morgan fingerprint density at radius 1 is 1.24 bits per heavy atom. The predicted octanol–water partition coefficient (Wildman–Crippen LogP) is 5.11. The molecule has 0 spiro atoms. The van der Waals surface area contributed by atoms with Crippen molar-refractivity contribution in [1.29, 1.82) is 5.26 Å². The van der Waals surface area contributed by atoms with Gasteiger partial charge in [0.1, 0.15) is 17.6 Å². The van der Waals surface area contributed by atoms with E-state index in [1.165, 1.54) is 18.2 Å². The van der Waals surface area contributed by atoms with E-state index in [0.29, 0.717) is 36.1 Å². The lowest BCUT2D eigenvalue weighted by molar-refractivity contribution is -0.127. The van der Waals surface area contributed by atoms with Crippen LogP contribution < -0.4 is 5.32 Å². The quantitative estimate of drug-likeness (QED) is 0.496. The number of hydrogen-bond donors (Lipinski definition) is 2. The van der Waals surface area contributed by atoms with Crippen LogP contribution in [-0.4, -0.2) is 28.5 Å². The summed E-state index contributed by atoms with van der Waals surface area (Å²) >= 11 is 6.02. The number of aromatic nitrogens is 1. The molecule has 1 aromatic heterocycles. The largest absolute Gasteiger partial charge is 0.352 e. The molecule has 2 aromatic rings. The number of aromatic amines is 1. The number of nitriles is 1. The molecule has 0 bridgehead atoms. The number of carbonyl (C=O) groups is 3. The summed E-state index contributed by atoms with van der Waals surface area (Å²) in [6, 6.07) is 5.63. The summed E-state index contributed by atoms with van der Waals surface area (Å²) in [7, 11) is 0. The van der Waals surface area contributed by atoms with Gasteiger partial charge >= 0.3 is 0 Å². The molecule has 0 saturated heterocycles. The summed E-state index contributed by atoms with van der Waals surface area (Å²) < 4.78 is 13.7. The number of hydrogen-bond acceptors (Lipinski definition) is 4. The van der Waals surface area contributed by atoms with Gasteiger partial charge in [-0.15, -0.1) is 0 Å². The number of nitrogens with zero attached hydrogens (tertiary/aromatic N) is 1. The Hall–Kier alpha value is -2.72. The number of ketones is 2. The van der Waals surface area contributed by atoms with Gasteiger partial charge in [-0.3, -0.25) is 14.4 Å². The minimum absolute atomic E-state index is 0.0181. The minimum Gasteiger partial charge on any atom is -0.352 e. The van der Waals surface area contributed by atoms with Crippen molar-refractivity contribution in [3.8, 4) is 6.07 Å². The minimum atomic E-state index is -0.754. The molecule has 33 heavy (non-hydrogen) atoms. The first-order valence-corrected chi connectivity index (χ1v) is 12.0. The second-order valence-electron chi connectivity index (χ2n) is 9.34. The van der Waals surface area contributed by atoms with Crippen molar-refractivity contribution in [3.05, 3.63) is 34.7 Å². The molecule has 1 aromatic carbocycles. The second-order valence-corrected chi connectivity index (χ2v) is 9.72. The number of amides is 1. The average Bonchev–Trinajstić information content (AvgIpc) is 3.51. The Labute approximate surface area is 196 Å². The predicted molar refractivity (Wildman–Crippen MR) is 122 cm³/mol. The van der Waals surface area contributed by atoms with Gasteiger partial charge < -0.3 is 10.3 Å². The fourth-order valence-electron chi connectivity index (χ4n) is 4.69. The van der Waals surface area contributed by atoms with Gasteiger partial charge in [-0.25, -0.2) is 4.39 Å². The van der Waals surface area contributed by atoms with Crippen LogP contribution in [0.2, 0.25) is 5.02 Å². The molecule has 2 aliphatic rings. The third-order valence-corrected chi connectivity index (χ3v) is 7.17. The van der Waals surface area contributed by atoms with Crippen molar-refractivity contribution >= 4 is 40.0 Å². The van der Waals surface area contributed by atoms with Crippen LogP contribution in [0.3, 0.4) is 0 Å². The summed E-state index contributed by atoms with van der Waals surface area (Å²) in [6.45, 7) is 0. The van der Waals surface area contributed by atoms with Crippen LogP contribution >= 0.6 is 11.6 Å². The van der Waals surface area contributed by atoms with E-state index in [2.05, 4.69) is 16.4 Å². The van der Waals surface area contributed by atoms with Crippen LogP contribution in [0.4, 0.5) is 4.39 Å². The molecule has 1 heterocycles. The first-order valence-electron chi connectivity index (χ1n) is 11.6. The highest BCUT2D eigenvalue weighted by molar-refractivity contribution is 6.35. The van der Waals surface area contributed by atoms with Crippen molar-refractivity contribution in [3.63, 3.8) is 0 Å². The molecule has 2 N–H and O–H groups in total. The van der Waals surface area contributed by atoms with Crippen molar-refractivity contribution in [2.75, 3.05) is 0 Å². The van der Waals surface area contributed by atoms with E-state index >= 15 is 0 Å². The summed E-state index contributed by atoms with van der Waals surface area (Å²) in [6.07, 6.45) is 6.06. The number of fused-ring (bicyclic) bond motifs is 1. The molecule has 2 aliphatic carbocycles. The summed E-state index contributed by atoms with van der Waals surface area (Å²) in [4.78, 5) is 41.1. The Morgan fingerprint density at radius 3 is 2.73 bits per heavy atom. The maximum atomic E-state index is 13.7. The van der Waals surface area contributed by atoms with Gasteiger partial charge in [0.05, 0.1) is 16.8 Å². The lowest BCUT2D eigenvalue weighted by atomic mass is 9.83. The molecule has 8 heteroatoms. The van der Waals surface area contributed by atoms with E-state index in [-0.39, 0.29) is 40.5 Å². The lowest BCUT2D eigenvalue weighted by Gasteiger charge is -2.24. The molecule has 4 rings (SSSR count). The Bertz CT molecular complexity index is 1120. The number of carbonyl (C=O) groups excluding carboxylic acids is 3. The molecule has 0 aliphatic heterocycles. The molecule has 2 saturated carbocycles. The van der Waals surface area contributed by atoms with E-state index in [0.717, 1.165) is 32.1 Å². The molecule has 6 nitrogen and oxygen atoms in total. The van der Waals surface area contributed by atoms with Gasteiger partial charge in [0, 0.05) is 35.6 Å². The highest BCUT2D eigenvalue weighted by Gasteiger charge is 2.33. The third-order valence-electron chi connectivity index (χ3n) is 6.78. The van der Waals surface area contributed by atoms with Crippen LogP contribution in [0.15, 0.2) is 18.2 Å².